The highest BCUT2D eigenvalue weighted by atomic mass is 32.2. The first-order valence-electron chi connectivity index (χ1n) is 8.17. The maximum Gasteiger partial charge on any atom is 0.240 e. The zero-order valence-corrected chi connectivity index (χ0v) is 15.7. The largest absolute Gasteiger partial charge is 0.496 e. The van der Waals surface area contributed by atoms with Gasteiger partial charge < -0.3 is 14.5 Å². The maximum atomic E-state index is 12.0. The van der Waals surface area contributed by atoms with Crippen molar-refractivity contribution in [3.63, 3.8) is 0 Å². The number of fused-ring (bicyclic) bond motifs is 1. The smallest absolute Gasteiger partial charge is 0.240 e. The fourth-order valence-corrected chi connectivity index (χ4v) is 3.42. The average molecular weight is 375 g/mol. The Labute approximate surface area is 152 Å². The second kappa shape index (κ2) is 7.45. The Balaban J connectivity index is 2.02. The summed E-state index contributed by atoms with van der Waals surface area (Å²) in [6.07, 6.45) is 0. The number of hydrogen-bond acceptors (Lipinski definition) is 5. The Morgan fingerprint density at radius 1 is 1.19 bits per heavy atom. The second-order valence-corrected chi connectivity index (χ2v) is 7.52. The Kier molecular flexibility index (Phi) is 5.26. The predicted octanol–water partition coefficient (Wildman–Crippen LogP) is 2.68. The summed E-state index contributed by atoms with van der Waals surface area (Å²) >= 11 is 0. The van der Waals surface area contributed by atoms with E-state index in [9.17, 15) is 8.42 Å². The van der Waals surface area contributed by atoms with E-state index in [0.29, 0.717) is 30.1 Å². The van der Waals surface area contributed by atoms with E-state index in [1.807, 2.05) is 25.1 Å². The fraction of sp³-hybridized carbons (Fsp3) is 0.278. The normalized spacial score (nSPS) is 11.8. The van der Waals surface area contributed by atoms with Crippen LogP contribution in [0.2, 0.25) is 0 Å². The van der Waals surface area contributed by atoms with E-state index >= 15 is 0 Å². The standard InChI is InChI=1S/C18H21N3O4S/c1-4-25-11-13-9-12(5-8-17(13)24-3)18-20-15-7-6-14(10-16(15)21-18)26(22,23)19-2/h5-10,19H,4,11H2,1-3H3,(H,20,21). The van der Waals surface area contributed by atoms with Crippen LogP contribution in [-0.4, -0.2) is 39.2 Å². The number of benzene rings is 2. The van der Waals surface area contributed by atoms with Gasteiger partial charge in [-0.05, 0) is 50.4 Å². The molecule has 0 aliphatic rings. The van der Waals surface area contributed by atoms with E-state index in [4.69, 9.17) is 9.47 Å². The summed E-state index contributed by atoms with van der Waals surface area (Å²) in [6, 6.07) is 10.5. The summed E-state index contributed by atoms with van der Waals surface area (Å²) in [7, 11) is -0.497. The summed E-state index contributed by atoms with van der Waals surface area (Å²) in [5, 5.41) is 0. The van der Waals surface area contributed by atoms with Crippen LogP contribution < -0.4 is 9.46 Å². The van der Waals surface area contributed by atoms with Crippen molar-refractivity contribution in [1.82, 2.24) is 14.7 Å². The maximum absolute atomic E-state index is 12.0. The van der Waals surface area contributed by atoms with Gasteiger partial charge >= 0.3 is 0 Å². The molecule has 138 valence electrons. The number of sulfonamides is 1. The van der Waals surface area contributed by atoms with Gasteiger partial charge in [0.05, 0.1) is 29.6 Å². The molecule has 0 amide bonds. The van der Waals surface area contributed by atoms with Gasteiger partial charge in [-0.3, -0.25) is 0 Å². The van der Waals surface area contributed by atoms with Gasteiger partial charge in [0, 0.05) is 17.7 Å². The number of nitrogens with one attached hydrogen (secondary N) is 2. The molecule has 8 heteroatoms. The molecule has 2 aromatic carbocycles. The summed E-state index contributed by atoms with van der Waals surface area (Å²) in [6.45, 7) is 2.99. The molecule has 0 saturated heterocycles. The van der Waals surface area contributed by atoms with Crippen molar-refractivity contribution in [2.45, 2.75) is 18.4 Å². The number of H-pyrrole nitrogens is 1. The fourth-order valence-electron chi connectivity index (χ4n) is 2.66. The van der Waals surface area contributed by atoms with E-state index < -0.39 is 10.0 Å². The van der Waals surface area contributed by atoms with Gasteiger partial charge in [-0.25, -0.2) is 18.1 Å². The van der Waals surface area contributed by atoms with E-state index in [2.05, 4.69) is 14.7 Å². The number of ether oxygens (including phenoxy) is 2. The molecule has 1 aromatic heterocycles. The molecule has 0 aliphatic carbocycles. The third kappa shape index (κ3) is 3.57. The number of rotatable bonds is 7. The van der Waals surface area contributed by atoms with Crippen LogP contribution in [0.1, 0.15) is 12.5 Å². The Bertz CT molecular complexity index is 1030. The van der Waals surface area contributed by atoms with Crippen molar-refractivity contribution in [3.8, 4) is 17.1 Å². The van der Waals surface area contributed by atoms with Gasteiger partial charge in [-0.15, -0.1) is 0 Å². The van der Waals surface area contributed by atoms with Crippen molar-refractivity contribution < 1.29 is 17.9 Å². The molecule has 26 heavy (non-hydrogen) atoms. The van der Waals surface area contributed by atoms with Crippen LogP contribution in [0.15, 0.2) is 41.3 Å². The van der Waals surface area contributed by atoms with E-state index in [1.54, 1.807) is 19.2 Å². The number of aromatic nitrogens is 2. The van der Waals surface area contributed by atoms with Crippen molar-refractivity contribution in [1.29, 1.82) is 0 Å². The zero-order chi connectivity index (χ0) is 18.7. The predicted molar refractivity (Wildman–Crippen MR) is 99.7 cm³/mol. The van der Waals surface area contributed by atoms with Gasteiger partial charge in [0.15, 0.2) is 0 Å². The molecule has 2 N–H and O–H groups in total. The summed E-state index contributed by atoms with van der Waals surface area (Å²) in [5.41, 5.74) is 3.14. The first kappa shape index (κ1) is 18.4. The van der Waals surface area contributed by atoms with Crippen molar-refractivity contribution in [3.05, 3.63) is 42.0 Å². The Morgan fingerprint density at radius 3 is 2.69 bits per heavy atom. The minimum Gasteiger partial charge on any atom is -0.496 e. The summed E-state index contributed by atoms with van der Waals surface area (Å²) in [5.74, 6) is 1.40. The van der Waals surface area contributed by atoms with Crippen LogP contribution in [0.5, 0.6) is 5.75 Å². The van der Waals surface area contributed by atoms with Crippen LogP contribution in [0, 0.1) is 0 Å². The molecule has 0 unspecified atom stereocenters. The molecule has 0 fully saturated rings. The van der Waals surface area contributed by atoms with Crippen LogP contribution in [0.4, 0.5) is 0 Å². The lowest BCUT2D eigenvalue weighted by Crippen LogP contribution is -2.18. The zero-order valence-electron chi connectivity index (χ0n) is 14.9. The van der Waals surface area contributed by atoms with Gasteiger partial charge in [-0.1, -0.05) is 0 Å². The number of methoxy groups -OCH3 is 1. The van der Waals surface area contributed by atoms with E-state index in [0.717, 1.165) is 16.9 Å². The SMILES string of the molecule is CCOCc1cc(-c2nc3ccc(S(=O)(=O)NC)cc3[nH]2)ccc1OC. The molecule has 0 bridgehead atoms. The number of aromatic amines is 1. The van der Waals surface area contributed by atoms with E-state index in [1.165, 1.54) is 13.1 Å². The quantitative estimate of drug-likeness (QED) is 0.662. The number of imidazole rings is 1. The van der Waals surface area contributed by atoms with Gasteiger partial charge in [0.2, 0.25) is 10.0 Å². The molecule has 0 saturated carbocycles. The molecular weight excluding hydrogens is 354 g/mol. The van der Waals surface area contributed by atoms with Gasteiger partial charge in [0.1, 0.15) is 11.6 Å². The van der Waals surface area contributed by atoms with Crippen molar-refractivity contribution >= 4 is 21.1 Å². The molecule has 7 nitrogen and oxygen atoms in total. The summed E-state index contributed by atoms with van der Waals surface area (Å²) < 4.78 is 37.1. The first-order chi connectivity index (χ1) is 12.5. The Hall–Kier alpha value is -2.42. The summed E-state index contributed by atoms with van der Waals surface area (Å²) in [4.78, 5) is 7.93. The van der Waals surface area contributed by atoms with Crippen molar-refractivity contribution in [2.24, 2.45) is 0 Å². The average Bonchev–Trinajstić information content (AvgIpc) is 3.09. The van der Waals surface area contributed by atoms with Crippen molar-refractivity contribution in [2.75, 3.05) is 20.8 Å². The topological polar surface area (TPSA) is 93.3 Å². The van der Waals surface area contributed by atoms with Crippen LogP contribution in [0.25, 0.3) is 22.4 Å². The third-order valence-corrected chi connectivity index (χ3v) is 5.46. The molecule has 3 aromatic rings. The monoisotopic (exact) mass is 375 g/mol. The lowest BCUT2D eigenvalue weighted by Gasteiger charge is -2.09. The van der Waals surface area contributed by atoms with Crippen LogP contribution in [-0.2, 0) is 21.4 Å². The molecule has 3 rings (SSSR count). The second-order valence-electron chi connectivity index (χ2n) is 5.64. The molecule has 0 atom stereocenters. The highest BCUT2D eigenvalue weighted by molar-refractivity contribution is 7.89. The molecular formula is C18H21N3O4S. The molecule has 0 spiro atoms. The molecule has 0 aliphatic heterocycles. The highest BCUT2D eigenvalue weighted by Crippen LogP contribution is 2.28. The van der Waals surface area contributed by atoms with Crippen LogP contribution in [0.3, 0.4) is 0 Å². The Morgan fingerprint density at radius 2 is 2.00 bits per heavy atom. The lowest BCUT2D eigenvalue weighted by molar-refractivity contribution is 0.132. The first-order valence-corrected chi connectivity index (χ1v) is 9.65. The van der Waals surface area contributed by atoms with Crippen LogP contribution >= 0.6 is 0 Å². The minimum atomic E-state index is -3.50. The minimum absolute atomic E-state index is 0.189. The number of nitrogens with zero attached hydrogens (tertiary/aromatic N) is 1. The third-order valence-electron chi connectivity index (χ3n) is 4.05. The van der Waals surface area contributed by atoms with E-state index in [-0.39, 0.29) is 4.90 Å². The van der Waals surface area contributed by atoms with Gasteiger partial charge in [0.25, 0.3) is 0 Å². The molecule has 1 heterocycles. The molecule has 0 radical (unpaired) electrons. The lowest BCUT2D eigenvalue weighted by atomic mass is 10.1. The van der Waals surface area contributed by atoms with Gasteiger partial charge in [-0.2, -0.15) is 0 Å². The highest BCUT2D eigenvalue weighted by Gasteiger charge is 2.14. The number of hydrogen-bond donors (Lipinski definition) is 2.